The molecule has 0 unspecified atom stereocenters. The molecule has 2 heterocycles. The van der Waals surface area contributed by atoms with Crippen LogP contribution in [0.4, 0.5) is 22.0 Å². The van der Waals surface area contributed by atoms with Crippen LogP contribution in [0.3, 0.4) is 0 Å². The second-order valence-electron chi connectivity index (χ2n) is 10.3. The number of aromatic nitrogens is 1. The summed E-state index contributed by atoms with van der Waals surface area (Å²) in [6, 6.07) is -28.9. The molecule has 5 aromatic rings. The van der Waals surface area contributed by atoms with Crippen LogP contribution < -0.4 is 5.43 Å². The normalized spacial score (nSPS) is 27.8. The Bertz CT molecular complexity index is 3570. The number of carbonyl (C=O) groups is 1. The molecular formula is C41H40F5N3O3S. The number of halogens is 5. The van der Waals surface area contributed by atoms with E-state index in [0.29, 0.717) is 0 Å². The zero-order valence-corrected chi connectivity index (χ0v) is 27.3. The number of fused-ring (bicyclic) bond motifs is 1. The minimum atomic E-state index is -5.59. The summed E-state index contributed by atoms with van der Waals surface area (Å²) in [4.78, 5) is 28.6. The van der Waals surface area contributed by atoms with Gasteiger partial charge in [-0.2, -0.15) is 13.2 Å². The van der Waals surface area contributed by atoms with E-state index in [1.165, 1.54) is 0 Å². The molecule has 1 aliphatic rings. The first-order chi connectivity index (χ1) is 37.7. The monoisotopic (exact) mass is 780 g/mol. The number of alkyl halides is 3. The van der Waals surface area contributed by atoms with Gasteiger partial charge in [0.15, 0.2) is 17.1 Å². The second kappa shape index (κ2) is 16.7. The fourth-order valence-electron chi connectivity index (χ4n) is 4.25. The largest absolute Gasteiger partial charge is 0.416 e. The number of amides is 1. The van der Waals surface area contributed by atoms with Gasteiger partial charge in [-0.3, -0.25) is 9.59 Å². The number of pyridine rings is 1. The molecule has 0 spiro atoms. The summed E-state index contributed by atoms with van der Waals surface area (Å²) in [6.45, 7) is -17.5. The first-order valence-electron chi connectivity index (χ1n) is 30.1. The Hall–Kier alpha value is -4.52. The minimum Gasteiger partial charge on any atom is -0.383 e. The number of piperidine rings is 1. The number of methoxy groups -OCH3 is 1. The lowest BCUT2D eigenvalue weighted by molar-refractivity contribution is -0.137. The lowest BCUT2D eigenvalue weighted by atomic mass is 10.00. The average molecular weight is 781 g/mol. The number of hydrogen-bond donors (Lipinski definition) is 0. The van der Waals surface area contributed by atoms with Crippen molar-refractivity contribution in [2.75, 3.05) is 33.2 Å². The number of nitrogens with zero attached hydrogens (tertiary/aromatic N) is 3. The number of hydrogen-bond acceptors (Lipinski definition) is 5. The number of likely N-dealkylation sites (tertiary alicyclic amines) is 1. The van der Waals surface area contributed by atoms with E-state index in [-0.39, 0.29) is 9.47 Å². The highest BCUT2D eigenvalue weighted by atomic mass is 32.2. The Morgan fingerprint density at radius 1 is 1.04 bits per heavy atom. The third-order valence-corrected chi connectivity index (χ3v) is 7.53. The van der Waals surface area contributed by atoms with Crippen molar-refractivity contribution in [3.8, 4) is 11.1 Å². The van der Waals surface area contributed by atoms with E-state index in [9.17, 15) is 27.6 Å². The molecule has 0 aliphatic carbocycles. The summed E-state index contributed by atoms with van der Waals surface area (Å²) in [5.74, 6) is -7.11. The van der Waals surface area contributed by atoms with Crippen LogP contribution >= 0.6 is 11.8 Å². The van der Waals surface area contributed by atoms with E-state index in [1.54, 1.807) is 0 Å². The van der Waals surface area contributed by atoms with Crippen LogP contribution in [0, 0.1) is 18.6 Å². The highest BCUT2D eigenvalue weighted by molar-refractivity contribution is 7.98. The van der Waals surface area contributed by atoms with E-state index >= 15 is 13.6 Å². The Balaban J connectivity index is 1.80. The van der Waals surface area contributed by atoms with Crippen molar-refractivity contribution >= 4 is 28.6 Å². The van der Waals surface area contributed by atoms with Crippen molar-refractivity contribution in [2.24, 2.45) is 0 Å². The summed E-state index contributed by atoms with van der Waals surface area (Å²) in [6.07, 6.45) is -15.2. The van der Waals surface area contributed by atoms with Gasteiger partial charge in [0.05, 0.1) is 51.5 Å². The van der Waals surface area contributed by atoms with Crippen LogP contribution in [0.25, 0.3) is 22.0 Å². The molecule has 1 fully saturated rings. The standard InChI is InChI=1S/C41H40F5N3O3S/c1-27-6-15-36-34(22-27)37(50)23-39(53-26-31-4-3-5-35(42)40(31)43)49(36)25-38(51)48(33-16-18-47(19-17-33)20-21-52-2)24-28-7-9-29(10-8-28)30-11-13-32(14-12-30)41(44,45)46/h3-15,22-23,33H,16-21,24-26H2,1-2H3/i2D3,3D,4D,5D,6D,7D,8D,9D,10D,11D,12D,13D,14D,15D,16D2,17D2,18D2,19D2,22D,23D,24D2,26D2,33D. The second-order valence-corrected chi connectivity index (χ2v) is 11.1. The van der Waals surface area contributed by atoms with Crippen LogP contribution in [-0.2, 0) is 34.5 Å². The first kappa shape index (κ1) is 15.3. The molecule has 0 N–H and O–H groups in total. The fraction of sp³-hybridized carbons (Fsp3) is 0.317. The topological polar surface area (TPSA) is 54.8 Å². The Morgan fingerprint density at radius 2 is 1.74 bits per heavy atom. The summed E-state index contributed by atoms with van der Waals surface area (Å²) in [5.41, 5.74) is -16.1. The number of rotatable bonds is 12. The predicted octanol–water partition coefficient (Wildman–Crippen LogP) is 8.71. The van der Waals surface area contributed by atoms with Gasteiger partial charge in [0.1, 0.15) is 6.54 Å². The number of ether oxygens (including phenoxy) is 1. The van der Waals surface area contributed by atoms with Gasteiger partial charge >= 0.3 is 6.18 Å². The quantitative estimate of drug-likeness (QED) is 0.0938. The molecule has 1 amide bonds. The fourth-order valence-corrected chi connectivity index (χ4v) is 5.00. The van der Waals surface area contributed by atoms with Crippen molar-refractivity contribution in [1.29, 1.82) is 0 Å². The molecule has 278 valence electrons. The maximum atomic E-state index is 15.9. The van der Waals surface area contributed by atoms with Crippen molar-refractivity contribution in [2.45, 2.75) is 55.6 Å². The van der Waals surface area contributed by atoms with Gasteiger partial charge in [-0.05, 0) is 66.6 Å². The van der Waals surface area contributed by atoms with Gasteiger partial charge in [-0.1, -0.05) is 59.9 Å². The third kappa shape index (κ3) is 9.17. The number of thioether (sulfide) groups is 1. The zero-order chi connectivity index (χ0) is 64.9. The van der Waals surface area contributed by atoms with Crippen molar-refractivity contribution in [3.05, 3.63) is 135 Å². The molecule has 0 saturated carbocycles. The number of benzene rings is 4. The molecule has 12 heteroatoms. The molecule has 6 nitrogen and oxygen atoms in total. The van der Waals surface area contributed by atoms with Gasteiger partial charge in [0.25, 0.3) is 0 Å². The van der Waals surface area contributed by atoms with Crippen molar-refractivity contribution < 1.29 is 74.0 Å². The smallest absolute Gasteiger partial charge is 0.383 e. The van der Waals surface area contributed by atoms with Gasteiger partial charge < -0.3 is 19.1 Å². The van der Waals surface area contributed by atoms with Crippen LogP contribution in [0.15, 0.2) is 100 Å². The zero-order valence-electron chi connectivity index (χ0n) is 57.5. The SMILES string of the molecule is [2H]c1c([2H])c(F)c(F)c(C([2H])([2H])Sc2c([2H])c(=O)c3c([2H])c(C)c([2H])c([2H])c3n2CC(=O)N(C([2H])([2H])c2c([2H])c([2H])c(-c3c([2H])c([2H])c(C(F)(F)F)c([2H])c3[2H])c([2H])c2[2H])C2([2H])C([2H])([2H])C([2H])([2H])N(CCOC([2H])([2H])[2H])C([2H])([2H])C2([2H])[2H])c1[2H]. The first-order valence-corrected chi connectivity index (χ1v) is 15.4. The summed E-state index contributed by atoms with van der Waals surface area (Å²) < 4.78 is 348. The van der Waals surface area contributed by atoms with Crippen LogP contribution in [0.5, 0.6) is 0 Å². The molecule has 53 heavy (non-hydrogen) atoms. The van der Waals surface area contributed by atoms with Crippen LogP contribution in [0.1, 0.15) is 77.5 Å². The average Bonchev–Trinajstić information content (AvgIpc) is 0.673. The Labute approximate surface area is 352 Å². The molecule has 4 aromatic carbocycles. The Morgan fingerprint density at radius 3 is 2.42 bits per heavy atom. The Kier molecular flexibility index (Phi) is 4.81. The lowest BCUT2D eigenvalue weighted by Crippen LogP contribution is -2.48. The molecule has 1 aromatic heterocycles. The van der Waals surface area contributed by atoms with Gasteiger partial charge in [0.2, 0.25) is 5.91 Å². The molecule has 1 aliphatic heterocycles. The molecule has 0 bridgehead atoms. The highest BCUT2D eigenvalue weighted by Crippen LogP contribution is 2.32. The van der Waals surface area contributed by atoms with Gasteiger partial charge in [-0.25, -0.2) is 8.78 Å². The van der Waals surface area contributed by atoms with Crippen molar-refractivity contribution in [1.82, 2.24) is 14.4 Å². The predicted molar refractivity (Wildman–Crippen MR) is 198 cm³/mol. The van der Waals surface area contributed by atoms with Crippen molar-refractivity contribution in [3.63, 3.8) is 0 Å². The summed E-state index contributed by atoms with van der Waals surface area (Å²) >= 11 is -0.663. The van der Waals surface area contributed by atoms with E-state index in [0.717, 1.165) is 6.92 Å². The van der Waals surface area contributed by atoms with Gasteiger partial charge in [0, 0.05) is 75.5 Å². The maximum Gasteiger partial charge on any atom is 0.416 e. The molecule has 1 saturated heterocycles. The molecule has 0 atom stereocenters. The van der Waals surface area contributed by atoms with Crippen LogP contribution in [-0.4, -0.2) is 59.5 Å². The summed E-state index contributed by atoms with van der Waals surface area (Å²) in [5, 5.41) is -2.61. The lowest BCUT2D eigenvalue weighted by Gasteiger charge is -2.39. The molecule has 6 rings (SSSR count). The van der Waals surface area contributed by atoms with Gasteiger partial charge in [-0.15, -0.1) is 11.8 Å². The molecule has 0 radical (unpaired) electrons. The van der Waals surface area contributed by atoms with E-state index < -0.39 is 256 Å². The van der Waals surface area contributed by atoms with Crippen LogP contribution in [0.2, 0.25) is 0 Å². The summed E-state index contributed by atoms with van der Waals surface area (Å²) in [7, 11) is -3.34. The minimum absolute atomic E-state index is 0.0352. The number of carbonyl (C=O) groups excluding carboxylic acids is 1. The maximum absolute atomic E-state index is 15.9. The molecular weight excluding hydrogens is 710 g/mol. The highest BCUT2D eigenvalue weighted by Gasteiger charge is 2.31. The van der Waals surface area contributed by atoms with E-state index in [2.05, 4.69) is 4.74 Å². The van der Waals surface area contributed by atoms with E-state index in [4.69, 9.17) is 32.9 Å². The van der Waals surface area contributed by atoms with E-state index in [1.807, 2.05) is 0 Å². The third-order valence-electron chi connectivity index (χ3n) is 6.71.